The summed E-state index contributed by atoms with van der Waals surface area (Å²) in [4.78, 5) is 12.7. The second-order valence-electron chi connectivity index (χ2n) is 4.13. The average molecular weight is 298 g/mol. The minimum Gasteiger partial charge on any atom is -0.478 e. The van der Waals surface area contributed by atoms with Crippen LogP contribution in [-0.4, -0.2) is 37.4 Å². The minimum absolute atomic E-state index is 0.607. The molecule has 20 heavy (non-hydrogen) atoms. The largest absolute Gasteiger partial charge is 0.478 e. The summed E-state index contributed by atoms with van der Waals surface area (Å²) in [6.45, 7) is 6.74. The van der Waals surface area contributed by atoms with Crippen molar-refractivity contribution in [3.8, 4) is 0 Å². The normalized spacial score (nSPS) is 10.9. The molecule has 0 aliphatic carbocycles. The highest BCUT2D eigenvalue weighted by atomic mass is 35.5. The van der Waals surface area contributed by atoms with Gasteiger partial charge in [0.2, 0.25) is 0 Å². The Bertz CT molecular complexity index is 474. The number of carboxylic acids is 1. The number of likely N-dealkylation sites (N-methyl/N-ethyl adjacent to an activating group) is 1. The van der Waals surface area contributed by atoms with E-state index in [9.17, 15) is 4.79 Å². The second-order valence-corrected chi connectivity index (χ2v) is 4.53. The Morgan fingerprint density at radius 2 is 2.20 bits per heavy atom. The Labute approximate surface area is 124 Å². The zero-order valence-corrected chi connectivity index (χ0v) is 12.6. The number of aliphatic carboxylic acids is 1. The van der Waals surface area contributed by atoms with Gasteiger partial charge in [0.15, 0.2) is 0 Å². The zero-order chi connectivity index (χ0) is 15.0. The highest BCUT2D eigenvalue weighted by molar-refractivity contribution is 6.33. The van der Waals surface area contributed by atoms with Crippen molar-refractivity contribution in [2.45, 2.75) is 13.8 Å². The molecule has 0 unspecified atom stereocenters. The van der Waals surface area contributed by atoms with Crippen LogP contribution in [0.25, 0.3) is 6.08 Å². The summed E-state index contributed by atoms with van der Waals surface area (Å²) in [6, 6.07) is 5.46. The highest BCUT2D eigenvalue weighted by Gasteiger charge is 2.12. The number of nitrogens with zero attached hydrogens (tertiary/aromatic N) is 1. The van der Waals surface area contributed by atoms with Crippen LogP contribution in [0, 0.1) is 0 Å². The molecule has 0 saturated heterocycles. The van der Waals surface area contributed by atoms with E-state index in [4.69, 9.17) is 21.4 Å². The molecule has 0 atom stereocenters. The lowest BCUT2D eigenvalue weighted by atomic mass is 10.1. The summed E-state index contributed by atoms with van der Waals surface area (Å²) in [5.41, 5.74) is 1.63. The number of ether oxygens (including phenoxy) is 1. The molecule has 0 radical (unpaired) electrons. The van der Waals surface area contributed by atoms with Gasteiger partial charge in [0.05, 0.1) is 17.3 Å². The third-order valence-corrected chi connectivity index (χ3v) is 3.14. The first-order chi connectivity index (χ1) is 9.60. The third kappa shape index (κ3) is 4.87. The quantitative estimate of drug-likeness (QED) is 0.591. The fourth-order valence-corrected chi connectivity index (χ4v) is 2.21. The average Bonchev–Trinajstić information content (AvgIpc) is 2.42. The topological polar surface area (TPSA) is 49.8 Å². The first-order valence-corrected chi connectivity index (χ1v) is 7.00. The Morgan fingerprint density at radius 3 is 2.80 bits per heavy atom. The molecule has 1 rings (SSSR count). The lowest BCUT2D eigenvalue weighted by Gasteiger charge is -2.26. The molecule has 1 aromatic carbocycles. The van der Waals surface area contributed by atoms with Gasteiger partial charge < -0.3 is 14.7 Å². The zero-order valence-electron chi connectivity index (χ0n) is 11.8. The summed E-state index contributed by atoms with van der Waals surface area (Å²) >= 11 is 6.27. The van der Waals surface area contributed by atoms with E-state index in [1.807, 2.05) is 26.0 Å². The van der Waals surface area contributed by atoms with Crippen molar-refractivity contribution >= 4 is 29.3 Å². The summed E-state index contributed by atoms with van der Waals surface area (Å²) < 4.78 is 5.37. The van der Waals surface area contributed by atoms with Crippen LogP contribution in [0.4, 0.5) is 5.69 Å². The van der Waals surface area contributed by atoms with Gasteiger partial charge in [-0.05, 0) is 31.6 Å². The summed E-state index contributed by atoms with van der Waals surface area (Å²) in [7, 11) is 0. The van der Waals surface area contributed by atoms with Crippen molar-refractivity contribution < 1.29 is 14.6 Å². The van der Waals surface area contributed by atoms with Crippen LogP contribution in [-0.2, 0) is 9.53 Å². The summed E-state index contributed by atoms with van der Waals surface area (Å²) in [6.07, 6.45) is 2.68. The van der Waals surface area contributed by atoms with E-state index < -0.39 is 5.97 Å². The number of hydrogen-bond donors (Lipinski definition) is 1. The SMILES string of the molecule is CCOCCN(CC)c1c(Cl)cccc1/C=C/C(=O)O. The van der Waals surface area contributed by atoms with Gasteiger partial charge in [-0.25, -0.2) is 4.79 Å². The van der Waals surface area contributed by atoms with Crippen molar-refractivity contribution in [2.75, 3.05) is 31.2 Å². The predicted molar refractivity (Wildman–Crippen MR) is 82.5 cm³/mol. The predicted octanol–water partition coefficient (Wildman–Crippen LogP) is 3.30. The molecule has 0 spiro atoms. The van der Waals surface area contributed by atoms with Gasteiger partial charge in [-0.3, -0.25) is 0 Å². The van der Waals surface area contributed by atoms with Crippen LogP contribution in [0.1, 0.15) is 19.4 Å². The second kappa shape index (κ2) is 8.61. The van der Waals surface area contributed by atoms with Crippen LogP contribution in [0.5, 0.6) is 0 Å². The van der Waals surface area contributed by atoms with Gasteiger partial charge in [0.25, 0.3) is 0 Å². The van der Waals surface area contributed by atoms with Gasteiger partial charge in [-0.2, -0.15) is 0 Å². The van der Waals surface area contributed by atoms with E-state index in [0.717, 1.165) is 23.9 Å². The van der Waals surface area contributed by atoms with Crippen molar-refractivity contribution in [1.29, 1.82) is 0 Å². The Balaban J connectivity index is 3.02. The summed E-state index contributed by atoms with van der Waals surface area (Å²) in [5, 5.41) is 9.36. The molecule has 0 aliphatic rings. The maximum Gasteiger partial charge on any atom is 0.328 e. The van der Waals surface area contributed by atoms with E-state index in [1.165, 1.54) is 0 Å². The van der Waals surface area contributed by atoms with Gasteiger partial charge in [-0.15, -0.1) is 0 Å². The number of benzene rings is 1. The smallest absolute Gasteiger partial charge is 0.328 e. The molecule has 0 aromatic heterocycles. The molecular weight excluding hydrogens is 278 g/mol. The Hall–Kier alpha value is -1.52. The molecule has 0 heterocycles. The first kappa shape index (κ1) is 16.5. The molecule has 0 bridgehead atoms. The van der Waals surface area contributed by atoms with Crippen LogP contribution in [0.15, 0.2) is 24.3 Å². The highest BCUT2D eigenvalue weighted by Crippen LogP contribution is 2.30. The minimum atomic E-state index is -0.978. The maximum absolute atomic E-state index is 10.7. The van der Waals surface area contributed by atoms with Crippen LogP contribution in [0.2, 0.25) is 5.02 Å². The third-order valence-electron chi connectivity index (χ3n) is 2.83. The molecule has 4 nitrogen and oxygen atoms in total. The molecule has 5 heteroatoms. The van der Waals surface area contributed by atoms with E-state index in [-0.39, 0.29) is 0 Å². The number of carbonyl (C=O) groups is 1. The lowest BCUT2D eigenvalue weighted by molar-refractivity contribution is -0.131. The fraction of sp³-hybridized carbons (Fsp3) is 0.400. The van der Waals surface area contributed by atoms with Crippen LogP contribution in [0.3, 0.4) is 0 Å². The molecule has 0 saturated carbocycles. The number of carboxylic acid groups (broad SMARTS) is 1. The molecular formula is C15H20ClNO3. The van der Waals surface area contributed by atoms with Gasteiger partial charge in [0, 0.05) is 25.8 Å². The number of anilines is 1. The monoisotopic (exact) mass is 297 g/mol. The van der Waals surface area contributed by atoms with Crippen LogP contribution >= 0.6 is 11.6 Å². The van der Waals surface area contributed by atoms with Crippen molar-refractivity contribution in [1.82, 2.24) is 0 Å². The Morgan fingerprint density at radius 1 is 1.45 bits per heavy atom. The molecule has 0 fully saturated rings. The number of halogens is 1. The van der Waals surface area contributed by atoms with Crippen molar-refractivity contribution in [3.63, 3.8) is 0 Å². The Kier molecular flexibility index (Phi) is 7.12. The number of rotatable bonds is 8. The molecule has 1 aromatic rings. The number of para-hydroxylation sites is 1. The van der Waals surface area contributed by atoms with Crippen molar-refractivity contribution in [2.24, 2.45) is 0 Å². The standard InChI is InChI=1S/C15H20ClNO3/c1-3-17(10-11-20-4-2)15-12(8-9-14(18)19)6-5-7-13(15)16/h5-9H,3-4,10-11H2,1-2H3,(H,18,19)/b9-8+. The van der Waals surface area contributed by atoms with E-state index in [2.05, 4.69) is 4.90 Å². The number of hydrogen-bond acceptors (Lipinski definition) is 3. The van der Waals surface area contributed by atoms with Gasteiger partial charge in [-0.1, -0.05) is 23.7 Å². The summed E-state index contributed by atoms with van der Waals surface area (Å²) in [5.74, 6) is -0.978. The molecule has 110 valence electrons. The molecule has 0 aliphatic heterocycles. The van der Waals surface area contributed by atoms with E-state index in [1.54, 1.807) is 12.1 Å². The fourth-order valence-electron chi connectivity index (χ4n) is 1.91. The molecule has 1 N–H and O–H groups in total. The first-order valence-electron chi connectivity index (χ1n) is 6.62. The van der Waals surface area contributed by atoms with Gasteiger partial charge >= 0.3 is 5.97 Å². The van der Waals surface area contributed by atoms with Crippen molar-refractivity contribution in [3.05, 3.63) is 34.9 Å². The maximum atomic E-state index is 10.7. The van der Waals surface area contributed by atoms with E-state index in [0.29, 0.717) is 24.8 Å². The van der Waals surface area contributed by atoms with Gasteiger partial charge in [0.1, 0.15) is 0 Å². The van der Waals surface area contributed by atoms with Crippen LogP contribution < -0.4 is 4.90 Å². The molecule has 0 amide bonds. The van der Waals surface area contributed by atoms with E-state index >= 15 is 0 Å². The lowest BCUT2D eigenvalue weighted by Crippen LogP contribution is -2.28.